The van der Waals surface area contributed by atoms with Crippen molar-refractivity contribution < 1.29 is 14.6 Å². The molecule has 1 aromatic carbocycles. The summed E-state index contributed by atoms with van der Waals surface area (Å²) < 4.78 is 10.7. The molecule has 0 amide bonds. The number of benzene rings is 1. The van der Waals surface area contributed by atoms with Gasteiger partial charge in [0.15, 0.2) is 11.5 Å². The second-order valence-corrected chi connectivity index (χ2v) is 5.76. The van der Waals surface area contributed by atoms with Gasteiger partial charge in [-0.1, -0.05) is 18.4 Å². The van der Waals surface area contributed by atoms with Crippen molar-refractivity contribution in [3.05, 3.63) is 23.8 Å². The first-order valence-electron chi connectivity index (χ1n) is 7.53. The number of terminal acetylenes is 1. The van der Waals surface area contributed by atoms with Crippen LogP contribution in [0.4, 0.5) is 0 Å². The number of aliphatic hydroxyl groups is 1. The molecule has 4 heteroatoms. The molecule has 2 aliphatic rings. The first kappa shape index (κ1) is 14.2. The highest BCUT2D eigenvalue weighted by Gasteiger charge is 2.36. The van der Waals surface area contributed by atoms with Gasteiger partial charge in [0, 0.05) is 6.04 Å². The highest BCUT2D eigenvalue weighted by atomic mass is 16.7. The second-order valence-electron chi connectivity index (χ2n) is 5.76. The molecule has 0 bridgehead atoms. The zero-order valence-corrected chi connectivity index (χ0v) is 12.1. The largest absolute Gasteiger partial charge is 0.454 e. The van der Waals surface area contributed by atoms with Crippen molar-refractivity contribution in [2.24, 2.45) is 0 Å². The molecule has 2 N–H and O–H groups in total. The number of ether oxygens (including phenoxy) is 2. The molecule has 0 aromatic heterocycles. The van der Waals surface area contributed by atoms with Gasteiger partial charge in [-0.15, -0.1) is 6.42 Å². The number of nitrogens with one attached hydrogen (secondary N) is 1. The van der Waals surface area contributed by atoms with E-state index in [-0.39, 0.29) is 6.04 Å². The van der Waals surface area contributed by atoms with Gasteiger partial charge in [-0.25, -0.2) is 0 Å². The van der Waals surface area contributed by atoms with Gasteiger partial charge in [-0.3, -0.25) is 0 Å². The lowest BCUT2D eigenvalue weighted by molar-refractivity contribution is 0.0265. The molecule has 2 atom stereocenters. The highest BCUT2D eigenvalue weighted by molar-refractivity contribution is 5.44. The predicted molar refractivity (Wildman–Crippen MR) is 80.3 cm³/mol. The smallest absolute Gasteiger partial charge is 0.231 e. The maximum atomic E-state index is 10.4. The number of rotatable bonds is 4. The lowest BCUT2D eigenvalue weighted by atomic mass is 9.81. The van der Waals surface area contributed by atoms with Crippen LogP contribution in [0.1, 0.15) is 31.2 Å². The average molecular weight is 287 g/mol. The molecule has 21 heavy (non-hydrogen) atoms. The molecule has 3 rings (SSSR count). The quantitative estimate of drug-likeness (QED) is 0.830. The van der Waals surface area contributed by atoms with E-state index in [1.165, 1.54) is 5.56 Å². The third-order valence-corrected chi connectivity index (χ3v) is 4.37. The Balaban J connectivity index is 1.55. The van der Waals surface area contributed by atoms with Crippen LogP contribution in [0.3, 0.4) is 0 Å². The van der Waals surface area contributed by atoms with Gasteiger partial charge in [-0.05, 0) is 49.9 Å². The van der Waals surface area contributed by atoms with Crippen LogP contribution < -0.4 is 14.8 Å². The molecule has 0 spiro atoms. The summed E-state index contributed by atoms with van der Waals surface area (Å²) in [5, 5.41) is 13.8. The van der Waals surface area contributed by atoms with E-state index in [0.717, 1.165) is 43.7 Å². The lowest BCUT2D eigenvalue weighted by Crippen LogP contribution is -2.52. The summed E-state index contributed by atoms with van der Waals surface area (Å²) in [6, 6.07) is 5.99. The summed E-state index contributed by atoms with van der Waals surface area (Å²) in [4.78, 5) is 0. The van der Waals surface area contributed by atoms with Crippen LogP contribution in [0.5, 0.6) is 11.5 Å². The van der Waals surface area contributed by atoms with Crippen LogP contribution in [0, 0.1) is 12.3 Å². The Hall–Kier alpha value is -1.70. The Morgan fingerprint density at radius 3 is 3.05 bits per heavy atom. The van der Waals surface area contributed by atoms with Crippen molar-refractivity contribution >= 4 is 0 Å². The fourth-order valence-corrected chi connectivity index (χ4v) is 3.09. The van der Waals surface area contributed by atoms with Crippen molar-refractivity contribution in [1.82, 2.24) is 5.32 Å². The second kappa shape index (κ2) is 5.97. The van der Waals surface area contributed by atoms with Gasteiger partial charge in [0.1, 0.15) is 5.60 Å². The Kier molecular flexibility index (Phi) is 4.05. The third kappa shape index (κ3) is 2.99. The van der Waals surface area contributed by atoms with Gasteiger partial charge >= 0.3 is 0 Å². The SMILES string of the molecule is C#C[C@@]1(O)CCCC[C@@H]1NCCc1ccc2c(c1)OCO2. The zero-order valence-electron chi connectivity index (χ0n) is 12.1. The highest BCUT2D eigenvalue weighted by Crippen LogP contribution is 2.32. The minimum atomic E-state index is -0.993. The molecule has 0 unspecified atom stereocenters. The molecule has 0 saturated heterocycles. The van der Waals surface area contributed by atoms with Crippen LogP contribution in [0.2, 0.25) is 0 Å². The van der Waals surface area contributed by atoms with Crippen LogP contribution in [-0.4, -0.2) is 30.1 Å². The van der Waals surface area contributed by atoms with Crippen molar-refractivity contribution in [2.45, 2.75) is 43.7 Å². The molecular formula is C17H21NO3. The summed E-state index contributed by atoms with van der Waals surface area (Å²) in [6.07, 6.45) is 10.1. The summed E-state index contributed by atoms with van der Waals surface area (Å²) in [5.74, 6) is 4.19. The predicted octanol–water partition coefficient (Wildman–Crippen LogP) is 1.85. The van der Waals surface area contributed by atoms with Crippen LogP contribution in [-0.2, 0) is 6.42 Å². The van der Waals surface area contributed by atoms with Crippen molar-refractivity contribution in [1.29, 1.82) is 0 Å². The van der Waals surface area contributed by atoms with E-state index >= 15 is 0 Å². The molecule has 1 fully saturated rings. The molecule has 0 radical (unpaired) electrons. The van der Waals surface area contributed by atoms with Crippen molar-refractivity contribution in [3.8, 4) is 23.8 Å². The van der Waals surface area contributed by atoms with Gasteiger partial charge in [0.05, 0.1) is 0 Å². The molecule has 4 nitrogen and oxygen atoms in total. The van der Waals surface area contributed by atoms with Gasteiger partial charge < -0.3 is 19.9 Å². The zero-order chi connectivity index (χ0) is 14.7. The molecule has 1 aromatic rings. The topological polar surface area (TPSA) is 50.7 Å². The fourth-order valence-electron chi connectivity index (χ4n) is 3.09. The Bertz CT molecular complexity index is 551. The van der Waals surface area contributed by atoms with E-state index in [9.17, 15) is 5.11 Å². The molecule has 1 aliphatic carbocycles. The first-order chi connectivity index (χ1) is 10.2. The molecule has 1 saturated carbocycles. The van der Waals surface area contributed by atoms with E-state index < -0.39 is 5.60 Å². The van der Waals surface area contributed by atoms with E-state index in [1.807, 2.05) is 18.2 Å². The first-order valence-corrected chi connectivity index (χ1v) is 7.53. The molecule has 1 heterocycles. The minimum Gasteiger partial charge on any atom is -0.454 e. The van der Waals surface area contributed by atoms with Crippen molar-refractivity contribution in [3.63, 3.8) is 0 Å². The van der Waals surface area contributed by atoms with E-state index in [0.29, 0.717) is 13.2 Å². The Morgan fingerprint density at radius 1 is 1.33 bits per heavy atom. The third-order valence-electron chi connectivity index (χ3n) is 4.37. The monoisotopic (exact) mass is 287 g/mol. The summed E-state index contributed by atoms with van der Waals surface area (Å²) >= 11 is 0. The fraction of sp³-hybridized carbons (Fsp3) is 0.529. The van der Waals surface area contributed by atoms with Gasteiger partial charge in [-0.2, -0.15) is 0 Å². The average Bonchev–Trinajstić information content (AvgIpc) is 2.97. The molecular weight excluding hydrogens is 266 g/mol. The van der Waals surface area contributed by atoms with Crippen molar-refractivity contribution in [2.75, 3.05) is 13.3 Å². The number of hydrogen-bond donors (Lipinski definition) is 2. The Labute approximate surface area is 125 Å². The van der Waals surface area contributed by atoms with Crippen LogP contribution in [0.25, 0.3) is 0 Å². The summed E-state index contributed by atoms with van der Waals surface area (Å²) in [7, 11) is 0. The van der Waals surface area contributed by atoms with E-state index in [2.05, 4.69) is 11.2 Å². The standard InChI is InChI=1S/C17H21NO3/c1-2-17(19)9-4-3-5-16(17)18-10-8-13-6-7-14-15(11-13)21-12-20-14/h1,6-7,11,16,18-19H,3-5,8-10,12H2/t16-,17+/m0/s1. The number of hydrogen-bond acceptors (Lipinski definition) is 4. The summed E-state index contributed by atoms with van der Waals surface area (Å²) in [6.45, 7) is 1.09. The maximum absolute atomic E-state index is 10.4. The molecule has 112 valence electrons. The van der Waals surface area contributed by atoms with Crippen LogP contribution >= 0.6 is 0 Å². The maximum Gasteiger partial charge on any atom is 0.231 e. The minimum absolute atomic E-state index is 0.00902. The van der Waals surface area contributed by atoms with Gasteiger partial charge in [0.2, 0.25) is 6.79 Å². The number of fused-ring (bicyclic) bond motifs is 1. The van der Waals surface area contributed by atoms with Gasteiger partial charge in [0.25, 0.3) is 0 Å². The van der Waals surface area contributed by atoms with Crippen LogP contribution in [0.15, 0.2) is 18.2 Å². The molecule has 1 aliphatic heterocycles. The Morgan fingerprint density at radius 2 is 2.19 bits per heavy atom. The normalized spacial score (nSPS) is 27.3. The summed E-state index contributed by atoms with van der Waals surface area (Å²) in [5.41, 5.74) is 0.194. The van der Waals surface area contributed by atoms with E-state index in [4.69, 9.17) is 15.9 Å². The van der Waals surface area contributed by atoms with E-state index in [1.54, 1.807) is 0 Å². The lowest BCUT2D eigenvalue weighted by Gasteiger charge is -2.36.